The molecular formula is C13H9ClFN5. The van der Waals surface area contributed by atoms with E-state index in [-0.39, 0.29) is 5.82 Å². The molecule has 7 heteroatoms. The number of nitrogens with zero attached hydrogens (tertiary/aromatic N) is 4. The second-order valence-corrected chi connectivity index (χ2v) is 4.54. The third-order valence-electron chi connectivity index (χ3n) is 2.75. The van der Waals surface area contributed by atoms with Gasteiger partial charge in [0.25, 0.3) is 0 Å². The second kappa shape index (κ2) is 4.90. The molecule has 0 radical (unpaired) electrons. The SMILES string of the molecule is Nc1ccc(Cl)c(-c2nnnn2-c2cccc(F)c2)c1. The monoisotopic (exact) mass is 289 g/mol. The Morgan fingerprint density at radius 2 is 2.00 bits per heavy atom. The minimum atomic E-state index is -0.373. The number of nitrogens with two attached hydrogens (primary N) is 1. The number of rotatable bonds is 2. The molecule has 0 unspecified atom stereocenters. The zero-order chi connectivity index (χ0) is 14.1. The van der Waals surface area contributed by atoms with Gasteiger partial charge in [0.1, 0.15) is 5.82 Å². The highest BCUT2D eigenvalue weighted by atomic mass is 35.5. The van der Waals surface area contributed by atoms with Gasteiger partial charge in [0.05, 0.1) is 10.7 Å². The van der Waals surface area contributed by atoms with Crippen LogP contribution in [0, 0.1) is 5.82 Å². The van der Waals surface area contributed by atoms with Crippen LogP contribution in [-0.2, 0) is 0 Å². The number of halogens is 2. The van der Waals surface area contributed by atoms with E-state index >= 15 is 0 Å². The molecule has 0 atom stereocenters. The predicted octanol–water partition coefficient (Wildman–Crippen LogP) is 2.70. The van der Waals surface area contributed by atoms with Gasteiger partial charge in [0, 0.05) is 11.3 Å². The highest BCUT2D eigenvalue weighted by Gasteiger charge is 2.14. The van der Waals surface area contributed by atoms with Crippen LogP contribution >= 0.6 is 11.6 Å². The van der Waals surface area contributed by atoms with E-state index in [0.717, 1.165) is 0 Å². The third-order valence-corrected chi connectivity index (χ3v) is 3.08. The lowest BCUT2D eigenvalue weighted by Crippen LogP contribution is -2.01. The van der Waals surface area contributed by atoms with E-state index in [9.17, 15) is 4.39 Å². The standard InChI is InChI=1S/C13H9ClFN5/c14-12-5-4-9(16)7-11(12)13-17-18-19-20(13)10-3-1-2-8(15)6-10/h1-7H,16H2. The van der Waals surface area contributed by atoms with Gasteiger partial charge in [-0.05, 0) is 46.8 Å². The van der Waals surface area contributed by atoms with Gasteiger partial charge in [-0.25, -0.2) is 4.39 Å². The maximum Gasteiger partial charge on any atom is 0.188 e. The second-order valence-electron chi connectivity index (χ2n) is 4.13. The van der Waals surface area contributed by atoms with Crippen molar-refractivity contribution in [1.29, 1.82) is 0 Å². The Bertz CT molecular complexity index is 771. The molecule has 0 fully saturated rings. The maximum atomic E-state index is 13.3. The van der Waals surface area contributed by atoms with Crippen molar-refractivity contribution in [2.45, 2.75) is 0 Å². The number of hydrogen-bond acceptors (Lipinski definition) is 4. The molecule has 5 nitrogen and oxygen atoms in total. The quantitative estimate of drug-likeness (QED) is 0.736. The molecule has 0 saturated carbocycles. The number of aromatic nitrogens is 4. The first kappa shape index (κ1) is 12.6. The first-order valence-corrected chi connectivity index (χ1v) is 6.12. The van der Waals surface area contributed by atoms with Gasteiger partial charge >= 0.3 is 0 Å². The van der Waals surface area contributed by atoms with Gasteiger partial charge in [0.2, 0.25) is 0 Å². The third kappa shape index (κ3) is 2.21. The van der Waals surface area contributed by atoms with Gasteiger partial charge < -0.3 is 5.73 Å². The molecular weight excluding hydrogens is 281 g/mol. The van der Waals surface area contributed by atoms with Crippen LogP contribution in [0.3, 0.4) is 0 Å². The average Bonchev–Trinajstić information content (AvgIpc) is 2.90. The van der Waals surface area contributed by atoms with Crippen molar-refractivity contribution >= 4 is 17.3 Å². The van der Waals surface area contributed by atoms with E-state index in [0.29, 0.717) is 27.8 Å². The summed E-state index contributed by atoms with van der Waals surface area (Å²) < 4.78 is 14.7. The number of anilines is 1. The number of nitrogen functional groups attached to an aromatic ring is 1. The summed E-state index contributed by atoms with van der Waals surface area (Å²) in [6, 6.07) is 11.0. The van der Waals surface area contributed by atoms with Crippen molar-refractivity contribution in [2.75, 3.05) is 5.73 Å². The Kier molecular flexibility index (Phi) is 3.08. The molecule has 3 rings (SSSR count). The highest BCUT2D eigenvalue weighted by Crippen LogP contribution is 2.29. The molecule has 0 saturated heterocycles. The fraction of sp³-hybridized carbons (Fsp3) is 0. The molecule has 0 aliphatic rings. The van der Waals surface area contributed by atoms with E-state index in [1.165, 1.54) is 16.8 Å². The van der Waals surface area contributed by atoms with E-state index in [2.05, 4.69) is 15.5 Å². The topological polar surface area (TPSA) is 69.6 Å². The summed E-state index contributed by atoms with van der Waals surface area (Å²) in [5.74, 6) is 0.0236. The van der Waals surface area contributed by atoms with Crippen molar-refractivity contribution in [1.82, 2.24) is 20.2 Å². The molecule has 2 N–H and O–H groups in total. The number of hydrogen-bond donors (Lipinski definition) is 1. The molecule has 0 aliphatic heterocycles. The Morgan fingerprint density at radius 3 is 2.80 bits per heavy atom. The summed E-state index contributed by atoms with van der Waals surface area (Å²) in [5, 5.41) is 11.9. The van der Waals surface area contributed by atoms with E-state index in [4.69, 9.17) is 17.3 Å². The fourth-order valence-electron chi connectivity index (χ4n) is 1.85. The Labute approximate surface area is 118 Å². The Hall–Kier alpha value is -2.47. The summed E-state index contributed by atoms with van der Waals surface area (Å²) in [6.07, 6.45) is 0. The van der Waals surface area contributed by atoms with Crippen molar-refractivity contribution < 1.29 is 4.39 Å². The summed E-state index contributed by atoms with van der Waals surface area (Å²) in [5.41, 5.74) is 7.38. The van der Waals surface area contributed by atoms with E-state index < -0.39 is 0 Å². The summed E-state index contributed by atoms with van der Waals surface area (Å²) in [6.45, 7) is 0. The summed E-state index contributed by atoms with van der Waals surface area (Å²) >= 11 is 6.14. The largest absolute Gasteiger partial charge is 0.399 e. The first-order valence-electron chi connectivity index (χ1n) is 5.75. The van der Waals surface area contributed by atoms with Crippen molar-refractivity contribution in [3.8, 4) is 17.1 Å². The van der Waals surface area contributed by atoms with Gasteiger partial charge in [-0.3, -0.25) is 0 Å². The number of tetrazole rings is 1. The van der Waals surface area contributed by atoms with Gasteiger partial charge in [-0.1, -0.05) is 17.7 Å². The lowest BCUT2D eigenvalue weighted by molar-refractivity contribution is 0.625. The van der Waals surface area contributed by atoms with Crippen LogP contribution < -0.4 is 5.73 Å². The molecule has 0 amide bonds. The molecule has 0 bridgehead atoms. The Morgan fingerprint density at radius 1 is 1.15 bits per heavy atom. The van der Waals surface area contributed by atoms with E-state index in [1.54, 1.807) is 30.3 Å². The molecule has 1 aromatic heterocycles. The van der Waals surface area contributed by atoms with Crippen LogP contribution in [0.1, 0.15) is 0 Å². The first-order chi connectivity index (χ1) is 9.65. The normalized spacial score (nSPS) is 10.7. The lowest BCUT2D eigenvalue weighted by atomic mass is 10.2. The van der Waals surface area contributed by atoms with Crippen LogP contribution in [0.15, 0.2) is 42.5 Å². The smallest absolute Gasteiger partial charge is 0.188 e. The molecule has 0 aliphatic carbocycles. The summed E-state index contributed by atoms with van der Waals surface area (Å²) in [7, 11) is 0. The average molecular weight is 290 g/mol. The molecule has 3 aromatic rings. The minimum Gasteiger partial charge on any atom is -0.399 e. The maximum absolute atomic E-state index is 13.3. The van der Waals surface area contributed by atoms with Crippen LogP contribution in [0.5, 0.6) is 0 Å². The van der Waals surface area contributed by atoms with Crippen LogP contribution in [0.25, 0.3) is 17.1 Å². The van der Waals surface area contributed by atoms with Crippen molar-refractivity contribution in [2.24, 2.45) is 0 Å². The zero-order valence-electron chi connectivity index (χ0n) is 10.2. The van der Waals surface area contributed by atoms with Crippen molar-refractivity contribution in [3.05, 3.63) is 53.3 Å². The molecule has 1 heterocycles. The van der Waals surface area contributed by atoms with Gasteiger partial charge in [0.15, 0.2) is 5.82 Å². The molecule has 20 heavy (non-hydrogen) atoms. The Balaban J connectivity index is 2.18. The van der Waals surface area contributed by atoms with E-state index in [1.807, 2.05) is 0 Å². The van der Waals surface area contributed by atoms with Crippen LogP contribution in [-0.4, -0.2) is 20.2 Å². The molecule has 2 aromatic carbocycles. The summed E-state index contributed by atoms with van der Waals surface area (Å²) in [4.78, 5) is 0. The fourth-order valence-corrected chi connectivity index (χ4v) is 2.05. The van der Waals surface area contributed by atoms with Crippen LogP contribution in [0.2, 0.25) is 5.02 Å². The predicted molar refractivity (Wildman–Crippen MR) is 74.0 cm³/mol. The lowest BCUT2D eigenvalue weighted by Gasteiger charge is -2.07. The van der Waals surface area contributed by atoms with Crippen LogP contribution in [0.4, 0.5) is 10.1 Å². The highest BCUT2D eigenvalue weighted by molar-refractivity contribution is 6.33. The van der Waals surface area contributed by atoms with Crippen molar-refractivity contribution in [3.63, 3.8) is 0 Å². The van der Waals surface area contributed by atoms with Gasteiger partial charge in [-0.2, -0.15) is 4.68 Å². The number of benzene rings is 2. The zero-order valence-corrected chi connectivity index (χ0v) is 10.9. The molecule has 100 valence electrons. The van der Waals surface area contributed by atoms with Gasteiger partial charge in [-0.15, -0.1) is 5.10 Å². The minimum absolute atomic E-state index is 0.373. The molecule has 0 spiro atoms.